The van der Waals surface area contributed by atoms with E-state index in [4.69, 9.17) is 47.0 Å². The quantitative estimate of drug-likeness (QED) is 0.132. The van der Waals surface area contributed by atoms with Crippen molar-refractivity contribution in [3.8, 4) is 0 Å². The van der Waals surface area contributed by atoms with Crippen LogP contribution in [0.2, 0.25) is 15.1 Å². The number of alkyl halides is 9. The molecule has 1 unspecified atom stereocenters. The van der Waals surface area contributed by atoms with Gasteiger partial charge in [-0.2, -0.15) is 39.5 Å². The molecule has 0 bridgehead atoms. The lowest BCUT2D eigenvalue weighted by Gasteiger charge is -2.20. The molecule has 2 atom stereocenters. The van der Waals surface area contributed by atoms with Crippen LogP contribution in [0.1, 0.15) is 41.5 Å². The fraction of sp³-hybridized carbons (Fsp3) is 0.333. The number of hydrogen-bond acceptors (Lipinski definition) is 2. The Hall–Kier alpha value is -2.09. The number of benzene rings is 2. The third-order valence-corrected chi connectivity index (χ3v) is 6.92. The van der Waals surface area contributed by atoms with Crippen LogP contribution >= 0.6 is 47.0 Å². The van der Waals surface area contributed by atoms with E-state index in [9.17, 15) is 44.3 Å². The standard InChI is InChI=1S/C24H16Cl3F10NOS/c1-10(21(39)38-9-22(29,30)31)4-19(40)13-3-2-11(5-15(13)24(35,36)37)18(28)8-14(23(32,33)34)12-6-16(25)20(27)17(26)7-12/h2-3,5-8,10,14H,4,9H2,1H3,(H,38,39)/b18-8-/t10-,14?/m0/s1. The van der Waals surface area contributed by atoms with Crippen molar-refractivity contribution in [2.75, 3.05) is 6.54 Å². The van der Waals surface area contributed by atoms with E-state index in [2.05, 4.69) is 0 Å². The molecule has 0 heterocycles. The minimum absolute atomic E-state index is 0.0381. The fourth-order valence-corrected chi connectivity index (χ4v) is 4.43. The van der Waals surface area contributed by atoms with Gasteiger partial charge in [-0.15, -0.1) is 0 Å². The Labute approximate surface area is 241 Å². The van der Waals surface area contributed by atoms with Crippen LogP contribution in [-0.2, 0) is 11.0 Å². The SMILES string of the molecule is C[C@@H](CC(=S)c1ccc(/C(F)=C/C(c2cc(Cl)c(Cl)c(Cl)c2)C(F)(F)F)cc1C(F)(F)F)C(=O)NCC(F)(F)F. The molecule has 2 aromatic carbocycles. The van der Waals surface area contributed by atoms with Gasteiger partial charge in [0.25, 0.3) is 0 Å². The predicted molar refractivity (Wildman–Crippen MR) is 135 cm³/mol. The van der Waals surface area contributed by atoms with Crippen molar-refractivity contribution < 1.29 is 48.7 Å². The molecular weight excluding hydrogens is 647 g/mol. The third kappa shape index (κ3) is 9.22. The van der Waals surface area contributed by atoms with Crippen molar-refractivity contribution in [1.82, 2.24) is 5.32 Å². The first kappa shape index (κ1) is 34.1. The van der Waals surface area contributed by atoms with E-state index in [0.717, 1.165) is 25.1 Å². The largest absolute Gasteiger partial charge is 0.417 e. The summed E-state index contributed by atoms with van der Waals surface area (Å²) in [4.78, 5) is 11.4. The number of thiocarbonyl (C=S) groups is 1. The maximum atomic E-state index is 15.0. The second-order valence-electron chi connectivity index (χ2n) is 8.45. The highest BCUT2D eigenvalue weighted by molar-refractivity contribution is 7.80. The van der Waals surface area contributed by atoms with Crippen LogP contribution in [0.5, 0.6) is 0 Å². The zero-order valence-electron chi connectivity index (χ0n) is 19.8. The van der Waals surface area contributed by atoms with Gasteiger partial charge in [-0.05, 0) is 36.3 Å². The number of hydrogen-bond donors (Lipinski definition) is 1. The highest BCUT2D eigenvalue weighted by Crippen LogP contribution is 2.43. The van der Waals surface area contributed by atoms with Gasteiger partial charge in [-0.1, -0.05) is 66.1 Å². The van der Waals surface area contributed by atoms with Crippen LogP contribution in [0, 0.1) is 5.92 Å². The van der Waals surface area contributed by atoms with Gasteiger partial charge in [0, 0.05) is 21.9 Å². The van der Waals surface area contributed by atoms with E-state index in [1.165, 1.54) is 0 Å². The molecule has 40 heavy (non-hydrogen) atoms. The molecule has 1 amide bonds. The van der Waals surface area contributed by atoms with E-state index in [-0.39, 0.29) is 27.2 Å². The summed E-state index contributed by atoms with van der Waals surface area (Å²) in [5, 5.41) is 0.586. The second-order valence-corrected chi connectivity index (χ2v) is 10.1. The minimum atomic E-state index is -5.17. The molecule has 0 saturated carbocycles. The summed E-state index contributed by atoms with van der Waals surface area (Å²) in [6, 6.07) is 3.25. The smallest absolute Gasteiger partial charge is 0.347 e. The molecule has 0 aliphatic carbocycles. The first-order valence-corrected chi connectivity index (χ1v) is 12.3. The van der Waals surface area contributed by atoms with Gasteiger partial charge >= 0.3 is 18.5 Å². The summed E-state index contributed by atoms with van der Waals surface area (Å²) in [5.74, 6) is -6.74. The Balaban J connectivity index is 2.45. The molecule has 0 aromatic heterocycles. The van der Waals surface area contributed by atoms with Crippen molar-refractivity contribution in [2.24, 2.45) is 5.92 Å². The van der Waals surface area contributed by atoms with Gasteiger partial charge in [0.15, 0.2) is 0 Å². The Morgan fingerprint density at radius 1 is 0.975 bits per heavy atom. The van der Waals surface area contributed by atoms with Crippen LogP contribution in [0.4, 0.5) is 43.9 Å². The molecule has 0 spiro atoms. The maximum Gasteiger partial charge on any atom is 0.417 e. The molecule has 2 rings (SSSR count). The average Bonchev–Trinajstić information content (AvgIpc) is 2.81. The molecule has 2 nitrogen and oxygen atoms in total. The number of allylic oxidation sites excluding steroid dienone is 1. The van der Waals surface area contributed by atoms with Crippen molar-refractivity contribution in [3.63, 3.8) is 0 Å². The normalized spacial score (nSPS) is 14.6. The number of carbonyl (C=O) groups is 1. The van der Waals surface area contributed by atoms with Crippen molar-refractivity contribution in [2.45, 2.75) is 37.8 Å². The lowest BCUT2D eigenvalue weighted by atomic mass is 9.93. The summed E-state index contributed by atoms with van der Waals surface area (Å²) < 4.78 is 135. The monoisotopic (exact) mass is 661 g/mol. The molecule has 0 aliphatic heterocycles. The van der Waals surface area contributed by atoms with Crippen molar-refractivity contribution in [1.29, 1.82) is 0 Å². The maximum absolute atomic E-state index is 15.0. The van der Waals surface area contributed by atoms with Crippen LogP contribution in [-0.4, -0.2) is 29.7 Å². The Morgan fingerprint density at radius 3 is 2.00 bits per heavy atom. The average molecular weight is 663 g/mol. The van der Waals surface area contributed by atoms with E-state index in [1.54, 1.807) is 5.32 Å². The van der Waals surface area contributed by atoms with Gasteiger partial charge in [-0.3, -0.25) is 4.79 Å². The van der Waals surface area contributed by atoms with Crippen molar-refractivity contribution >= 4 is 63.6 Å². The molecule has 220 valence electrons. The van der Waals surface area contributed by atoms with E-state index in [0.29, 0.717) is 6.07 Å². The highest BCUT2D eigenvalue weighted by atomic mass is 35.5. The molecule has 16 heteroatoms. The van der Waals surface area contributed by atoms with Crippen molar-refractivity contribution in [3.05, 3.63) is 73.7 Å². The Morgan fingerprint density at radius 2 is 1.52 bits per heavy atom. The number of carbonyl (C=O) groups excluding carboxylic acids is 1. The number of nitrogens with one attached hydrogen (secondary N) is 1. The summed E-state index contributed by atoms with van der Waals surface area (Å²) in [6.07, 6.45) is -15.5. The van der Waals surface area contributed by atoms with Crippen LogP contribution in [0.25, 0.3) is 5.83 Å². The highest BCUT2D eigenvalue weighted by Gasteiger charge is 2.41. The zero-order valence-corrected chi connectivity index (χ0v) is 22.8. The zero-order chi connectivity index (χ0) is 30.8. The number of amides is 1. The third-order valence-electron chi connectivity index (χ3n) is 5.33. The molecule has 0 fully saturated rings. The first-order chi connectivity index (χ1) is 18.1. The molecule has 1 N–H and O–H groups in total. The lowest BCUT2D eigenvalue weighted by molar-refractivity contribution is -0.140. The van der Waals surface area contributed by atoms with E-state index >= 15 is 4.39 Å². The van der Waals surface area contributed by atoms with E-state index < -0.39 is 82.2 Å². The molecule has 0 radical (unpaired) electrons. The Kier molecular flexibility index (Phi) is 10.9. The number of rotatable bonds is 8. The minimum Gasteiger partial charge on any atom is -0.347 e. The molecular formula is C24H16Cl3F10NOS. The topological polar surface area (TPSA) is 29.1 Å². The fourth-order valence-electron chi connectivity index (χ4n) is 3.39. The molecule has 2 aromatic rings. The summed E-state index contributed by atoms with van der Waals surface area (Å²) >= 11 is 22.2. The van der Waals surface area contributed by atoms with Crippen LogP contribution in [0.15, 0.2) is 36.4 Å². The second kappa shape index (κ2) is 12.8. The van der Waals surface area contributed by atoms with Gasteiger partial charge in [0.2, 0.25) is 5.91 Å². The van der Waals surface area contributed by atoms with Gasteiger partial charge in [0.05, 0.1) is 20.6 Å². The van der Waals surface area contributed by atoms with Gasteiger partial charge in [-0.25, -0.2) is 4.39 Å². The van der Waals surface area contributed by atoms with Crippen LogP contribution < -0.4 is 5.32 Å². The van der Waals surface area contributed by atoms with Gasteiger partial charge < -0.3 is 5.32 Å². The summed E-state index contributed by atoms with van der Waals surface area (Å²) in [6.45, 7) is -0.529. The predicted octanol–water partition coefficient (Wildman–Crippen LogP) is 9.74. The van der Waals surface area contributed by atoms with E-state index in [1.807, 2.05) is 0 Å². The first-order valence-electron chi connectivity index (χ1n) is 10.8. The van der Waals surface area contributed by atoms with Gasteiger partial charge in [0.1, 0.15) is 18.3 Å². The summed E-state index contributed by atoms with van der Waals surface area (Å²) in [5.41, 5.74) is -3.73. The number of halogens is 13. The Bertz CT molecular complexity index is 1280. The molecule has 0 saturated heterocycles. The van der Waals surface area contributed by atoms with Crippen LogP contribution in [0.3, 0.4) is 0 Å². The lowest BCUT2D eigenvalue weighted by Crippen LogP contribution is -2.37. The molecule has 0 aliphatic rings. The summed E-state index contributed by atoms with van der Waals surface area (Å²) in [7, 11) is 0.